The molecule has 2 nitrogen and oxygen atoms in total. The average molecular weight is 188 g/mol. The lowest BCUT2D eigenvalue weighted by atomic mass is 9.87. The van der Waals surface area contributed by atoms with E-state index in [4.69, 9.17) is 5.41 Å². The molecule has 0 unspecified atom stereocenters. The Morgan fingerprint density at radius 1 is 1.21 bits per heavy atom. The smallest absolute Gasteiger partial charge is 0.151 e. The quantitative estimate of drug-likeness (QED) is 0.519. The molecule has 0 aliphatic rings. The third-order valence-corrected chi connectivity index (χ3v) is 2.18. The number of hydrogen-bond acceptors (Lipinski definition) is 1. The van der Waals surface area contributed by atoms with Gasteiger partial charge < -0.3 is 0 Å². The van der Waals surface area contributed by atoms with Crippen LogP contribution in [0.25, 0.3) is 0 Å². The number of nitrogens with zero attached hydrogens (tertiary/aromatic N) is 1. The standard InChI is InChI=1S/C12H16N2/c1-12(2,3)10-7-5-9(6-8-10)11(13)14-4/h5-8,13H,4H2,1-3H3. The fraction of sp³-hybridized carbons (Fsp3) is 0.333. The van der Waals surface area contributed by atoms with Gasteiger partial charge in [-0.05, 0) is 17.7 Å². The zero-order valence-electron chi connectivity index (χ0n) is 8.96. The van der Waals surface area contributed by atoms with Crippen molar-refractivity contribution in [3.05, 3.63) is 35.4 Å². The molecule has 0 aliphatic heterocycles. The lowest BCUT2D eigenvalue weighted by Gasteiger charge is -2.18. The molecule has 0 saturated carbocycles. The Hall–Kier alpha value is -1.44. The molecule has 0 bridgehead atoms. The van der Waals surface area contributed by atoms with E-state index in [0.29, 0.717) is 0 Å². The van der Waals surface area contributed by atoms with E-state index in [9.17, 15) is 0 Å². The molecule has 0 aromatic heterocycles. The van der Waals surface area contributed by atoms with E-state index < -0.39 is 0 Å². The van der Waals surface area contributed by atoms with Crippen LogP contribution >= 0.6 is 0 Å². The second-order valence-electron chi connectivity index (χ2n) is 4.33. The average Bonchev–Trinajstić information content (AvgIpc) is 2.15. The number of benzene rings is 1. The van der Waals surface area contributed by atoms with Crippen LogP contribution in [0.15, 0.2) is 29.3 Å². The first kappa shape index (κ1) is 10.6. The monoisotopic (exact) mass is 188 g/mol. The van der Waals surface area contributed by atoms with Crippen molar-refractivity contribution in [2.45, 2.75) is 26.2 Å². The SMILES string of the molecule is C=NC(=N)c1ccc(C(C)(C)C)cc1. The Morgan fingerprint density at radius 2 is 1.71 bits per heavy atom. The van der Waals surface area contributed by atoms with Crippen LogP contribution in [0.4, 0.5) is 0 Å². The molecule has 1 aromatic carbocycles. The maximum Gasteiger partial charge on any atom is 0.151 e. The Kier molecular flexibility index (Phi) is 2.84. The zero-order valence-corrected chi connectivity index (χ0v) is 8.96. The van der Waals surface area contributed by atoms with Gasteiger partial charge in [0, 0.05) is 5.56 Å². The number of rotatable bonds is 1. The Balaban J connectivity index is 3.00. The predicted molar refractivity (Wildman–Crippen MR) is 61.5 cm³/mol. The van der Waals surface area contributed by atoms with Crippen molar-refractivity contribution in [2.24, 2.45) is 4.99 Å². The summed E-state index contributed by atoms with van der Waals surface area (Å²) in [5.41, 5.74) is 2.23. The molecule has 0 radical (unpaired) electrons. The largest absolute Gasteiger partial charge is 0.282 e. The number of amidine groups is 1. The molecule has 0 amide bonds. The van der Waals surface area contributed by atoms with Gasteiger partial charge >= 0.3 is 0 Å². The van der Waals surface area contributed by atoms with Crippen molar-refractivity contribution in [2.75, 3.05) is 0 Å². The molecular weight excluding hydrogens is 172 g/mol. The second kappa shape index (κ2) is 3.74. The minimum absolute atomic E-state index is 0.155. The van der Waals surface area contributed by atoms with Crippen LogP contribution in [0.2, 0.25) is 0 Å². The lowest BCUT2D eigenvalue weighted by Crippen LogP contribution is -2.11. The Labute approximate surface area is 85.2 Å². The first-order valence-electron chi connectivity index (χ1n) is 4.61. The molecule has 0 aliphatic carbocycles. The topological polar surface area (TPSA) is 36.2 Å². The van der Waals surface area contributed by atoms with E-state index in [0.717, 1.165) is 5.56 Å². The van der Waals surface area contributed by atoms with Gasteiger partial charge in [-0.15, -0.1) is 0 Å². The highest BCUT2D eigenvalue weighted by atomic mass is 14.8. The van der Waals surface area contributed by atoms with Crippen molar-refractivity contribution >= 4 is 12.6 Å². The van der Waals surface area contributed by atoms with Crippen LogP contribution in [0.1, 0.15) is 31.9 Å². The van der Waals surface area contributed by atoms with E-state index in [-0.39, 0.29) is 11.3 Å². The van der Waals surface area contributed by atoms with Crippen molar-refractivity contribution < 1.29 is 0 Å². The number of hydrogen-bond donors (Lipinski definition) is 1. The summed E-state index contributed by atoms with van der Waals surface area (Å²) < 4.78 is 0. The molecule has 2 heteroatoms. The van der Waals surface area contributed by atoms with E-state index in [1.165, 1.54) is 5.56 Å². The van der Waals surface area contributed by atoms with Crippen LogP contribution in [0.5, 0.6) is 0 Å². The van der Waals surface area contributed by atoms with Gasteiger partial charge in [0.1, 0.15) is 0 Å². The highest BCUT2D eigenvalue weighted by Gasteiger charge is 2.13. The fourth-order valence-electron chi connectivity index (χ4n) is 1.22. The third kappa shape index (κ3) is 2.28. The maximum atomic E-state index is 7.48. The van der Waals surface area contributed by atoms with Gasteiger partial charge in [-0.3, -0.25) is 5.41 Å². The second-order valence-corrected chi connectivity index (χ2v) is 4.33. The molecule has 1 rings (SSSR count). The summed E-state index contributed by atoms with van der Waals surface area (Å²) in [5.74, 6) is 0.227. The Morgan fingerprint density at radius 3 is 2.07 bits per heavy atom. The van der Waals surface area contributed by atoms with E-state index in [1.54, 1.807) is 0 Å². The van der Waals surface area contributed by atoms with Crippen molar-refractivity contribution in [1.29, 1.82) is 5.41 Å². The van der Waals surface area contributed by atoms with Crippen LogP contribution in [-0.2, 0) is 5.41 Å². The summed E-state index contributed by atoms with van der Waals surface area (Å²) in [7, 11) is 0. The summed E-state index contributed by atoms with van der Waals surface area (Å²) in [6.07, 6.45) is 0. The normalized spacial score (nSPS) is 11.1. The molecule has 14 heavy (non-hydrogen) atoms. The van der Waals surface area contributed by atoms with Gasteiger partial charge in [-0.2, -0.15) is 0 Å². The van der Waals surface area contributed by atoms with Crippen molar-refractivity contribution in [3.8, 4) is 0 Å². The van der Waals surface area contributed by atoms with Crippen LogP contribution < -0.4 is 0 Å². The summed E-state index contributed by atoms with van der Waals surface area (Å²) in [6, 6.07) is 7.90. The molecule has 0 fully saturated rings. The van der Waals surface area contributed by atoms with Gasteiger partial charge in [-0.1, -0.05) is 45.0 Å². The van der Waals surface area contributed by atoms with Gasteiger partial charge in [0.05, 0.1) is 0 Å². The summed E-state index contributed by atoms with van der Waals surface area (Å²) >= 11 is 0. The van der Waals surface area contributed by atoms with Crippen molar-refractivity contribution in [1.82, 2.24) is 0 Å². The number of nitrogens with one attached hydrogen (secondary N) is 1. The fourth-order valence-corrected chi connectivity index (χ4v) is 1.22. The van der Waals surface area contributed by atoms with Gasteiger partial charge in [0.15, 0.2) is 5.84 Å². The third-order valence-electron chi connectivity index (χ3n) is 2.18. The minimum Gasteiger partial charge on any atom is -0.282 e. The molecule has 0 heterocycles. The molecule has 0 saturated heterocycles. The highest BCUT2D eigenvalue weighted by Crippen LogP contribution is 2.22. The molecule has 0 atom stereocenters. The maximum absolute atomic E-state index is 7.48. The highest BCUT2D eigenvalue weighted by molar-refractivity contribution is 5.99. The predicted octanol–water partition coefficient (Wildman–Crippen LogP) is 3.01. The summed E-state index contributed by atoms with van der Waals surface area (Å²) in [6.45, 7) is 9.83. The summed E-state index contributed by atoms with van der Waals surface area (Å²) in [4.78, 5) is 3.58. The molecule has 1 N–H and O–H groups in total. The molecule has 0 spiro atoms. The van der Waals surface area contributed by atoms with Crippen LogP contribution in [0, 0.1) is 5.41 Å². The van der Waals surface area contributed by atoms with Crippen molar-refractivity contribution in [3.63, 3.8) is 0 Å². The molecule has 74 valence electrons. The molecular formula is C12H16N2. The van der Waals surface area contributed by atoms with E-state index in [1.807, 2.05) is 24.3 Å². The van der Waals surface area contributed by atoms with Gasteiger partial charge in [0.2, 0.25) is 0 Å². The minimum atomic E-state index is 0.155. The molecule has 1 aromatic rings. The van der Waals surface area contributed by atoms with Crippen LogP contribution in [0.3, 0.4) is 0 Å². The first-order valence-corrected chi connectivity index (χ1v) is 4.61. The zero-order chi connectivity index (χ0) is 10.8. The lowest BCUT2D eigenvalue weighted by molar-refractivity contribution is 0.590. The Bertz CT molecular complexity index is 342. The van der Waals surface area contributed by atoms with E-state index in [2.05, 4.69) is 32.5 Å². The van der Waals surface area contributed by atoms with Gasteiger partial charge in [-0.25, -0.2) is 4.99 Å². The first-order chi connectivity index (χ1) is 6.45. The van der Waals surface area contributed by atoms with Crippen LogP contribution in [-0.4, -0.2) is 12.6 Å². The number of aliphatic imine (C=N–C) groups is 1. The van der Waals surface area contributed by atoms with Gasteiger partial charge in [0.25, 0.3) is 0 Å². The van der Waals surface area contributed by atoms with E-state index >= 15 is 0 Å². The summed E-state index contributed by atoms with van der Waals surface area (Å²) in [5, 5.41) is 7.48.